The Kier molecular flexibility index (Phi) is 5.38. The molecule has 0 spiro atoms. The summed E-state index contributed by atoms with van der Waals surface area (Å²) in [5.74, 6) is -1.67. The van der Waals surface area contributed by atoms with Gasteiger partial charge in [0.1, 0.15) is 18.5 Å². The first-order valence-electron chi connectivity index (χ1n) is 7.35. The van der Waals surface area contributed by atoms with Crippen molar-refractivity contribution >= 4 is 11.9 Å². The van der Waals surface area contributed by atoms with E-state index in [1.54, 1.807) is 6.07 Å². The fourth-order valence-electron chi connectivity index (χ4n) is 2.42. The van der Waals surface area contributed by atoms with Crippen LogP contribution in [0.25, 0.3) is 0 Å². The van der Waals surface area contributed by atoms with Gasteiger partial charge in [0, 0.05) is 6.54 Å². The van der Waals surface area contributed by atoms with Gasteiger partial charge in [-0.1, -0.05) is 12.1 Å². The van der Waals surface area contributed by atoms with E-state index in [0.29, 0.717) is 18.6 Å². The second-order valence-electron chi connectivity index (χ2n) is 5.66. The molecule has 1 aliphatic rings. The molecule has 1 fully saturated rings. The monoisotopic (exact) mass is 307 g/mol. The van der Waals surface area contributed by atoms with Crippen molar-refractivity contribution in [1.29, 1.82) is 0 Å². The second kappa shape index (κ2) is 7.26. The Balaban J connectivity index is 1.70. The van der Waals surface area contributed by atoms with E-state index in [-0.39, 0.29) is 19.1 Å². The Morgan fingerprint density at radius 1 is 1.36 bits per heavy atom. The molecular weight excluding hydrogens is 286 g/mol. The number of rotatable bonds is 7. The normalized spacial score (nSPS) is 21.5. The lowest BCUT2D eigenvalue weighted by molar-refractivity contribution is -0.152. The van der Waals surface area contributed by atoms with Crippen LogP contribution in [-0.4, -0.2) is 41.3 Å². The Labute approximate surface area is 129 Å². The molecule has 2 rings (SSSR count). The molecule has 0 aromatic heterocycles. The Morgan fingerprint density at radius 2 is 2.09 bits per heavy atom. The number of aliphatic hydroxyl groups excluding tert-OH is 1. The van der Waals surface area contributed by atoms with E-state index in [1.807, 2.05) is 25.1 Å². The summed E-state index contributed by atoms with van der Waals surface area (Å²) in [6, 6.07) is 7.46. The third kappa shape index (κ3) is 4.21. The SMILES string of the molecule is Cc1cccc(OCC(O)CNC(=O)C2CCC2C(=O)O)c1. The predicted octanol–water partition coefficient (Wildman–Crippen LogP) is 0.962. The van der Waals surface area contributed by atoms with Gasteiger partial charge in [0.15, 0.2) is 0 Å². The molecule has 1 aromatic carbocycles. The van der Waals surface area contributed by atoms with Gasteiger partial charge in [0.05, 0.1) is 11.8 Å². The van der Waals surface area contributed by atoms with Crippen LogP contribution in [0, 0.1) is 18.8 Å². The van der Waals surface area contributed by atoms with Crippen molar-refractivity contribution in [1.82, 2.24) is 5.32 Å². The number of benzene rings is 1. The van der Waals surface area contributed by atoms with E-state index in [0.717, 1.165) is 5.56 Å². The average molecular weight is 307 g/mol. The van der Waals surface area contributed by atoms with Crippen LogP contribution in [0.2, 0.25) is 0 Å². The van der Waals surface area contributed by atoms with Crippen LogP contribution < -0.4 is 10.1 Å². The maximum atomic E-state index is 11.8. The molecule has 3 atom stereocenters. The topological polar surface area (TPSA) is 95.9 Å². The van der Waals surface area contributed by atoms with E-state index >= 15 is 0 Å². The molecule has 3 N–H and O–H groups in total. The Hall–Kier alpha value is -2.08. The highest BCUT2D eigenvalue weighted by Crippen LogP contribution is 2.34. The maximum absolute atomic E-state index is 11.8. The number of carbonyl (C=O) groups is 2. The first-order chi connectivity index (χ1) is 10.5. The zero-order valence-electron chi connectivity index (χ0n) is 12.5. The number of nitrogens with one attached hydrogen (secondary N) is 1. The van der Waals surface area contributed by atoms with Gasteiger partial charge in [-0.3, -0.25) is 9.59 Å². The Bertz CT molecular complexity index is 545. The zero-order valence-corrected chi connectivity index (χ0v) is 12.5. The number of hydrogen-bond donors (Lipinski definition) is 3. The van der Waals surface area contributed by atoms with E-state index in [2.05, 4.69) is 5.32 Å². The van der Waals surface area contributed by atoms with Crippen LogP contribution in [0.4, 0.5) is 0 Å². The molecule has 1 amide bonds. The summed E-state index contributed by atoms with van der Waals surface area (Å²) >= 11 is 0. The molecule has 0 bridgehead atoms. The molecule has 3 unspecified atom stereocenters. The molecule has 120 valence electrons. The fraction of sp³-hybridized carbons (Fsp3) is 0.500. The summed E-state index contributed by atoms with van der Waals surface area (Å²) < 4.78 is 5.45. The molecule has 1 aliphatic carbocycles. The van der Waals surface area contributed by atoms with Gasteiger partial charge in [0.25, 0.3) is 0 Å². The molecule has 0 aliphatic heterocycles. The smallest absolute Gasteiger partial charge is 0.307 e. The molecule has 22 heavy (non-hydrogen) atoms. The largest absolute Gasteiger partial charge is 0.491 e. The molecule has 1 saturated carbocycles. The van der Waals surface area contributed by atoms with Crippen LogP contribution in [0.3, 0.4) is 0 Å². The first kappa shape index (κ1) is 16.3. The third-order valence-corrected chi connectivity index (χ3v) is 3.87. The summed E-state index contributed by atoms with van der Waals surface area (Å²) in [7, 11) is 0. The second-order valence-corrected chi connectivity index (χ2v) is 5.66. The number of amides is 1. The fourth-order valence-corrected chi connectivity index (χ4v) is 2.42. The van der Waals surface area contributed by atoms with Crippen LogP contribution in [0.5, 0.6) is 5.75 Å². The quantitative estimate of drug-likeness (QED) is 0.697. The molecule has 0 saturated heterocycles. The van der Waals surface area contributed by atoms with Crippen molar-refractivity contribution in [3.63, 3.8) is 0 Å². The number of carboxylic acid groups (broad SMARTS) is 1. The van der Waals surface area contributed by atoms with Gasteiger partial charge in [-0.15, -0.1) is 0 Å². The van der Waals surface area contributed by atoms with Crippen molar-refractivity contribution in [3.8, 4) is 5.75 Å². The molecule has 1 aromatic rings. The highest BCUT2D eigenvalue weighted by atomic mass is 16.5. The summed E-state index contributed by atoms with van der Waals surface area (Å²) in [6.45, 7) is 2.06. The third-order valence-electron chi connectivity index (χ3n) is 3.87. The maximum Gasteiger partial charge on any atom is 0.307 e. The van der Waals surface area contributed by atoms with E-state index in [9.17, 15) is 14.7 Å². The lowest BCUT2D eigenvalue weighted by Crippen LogP contribution is -2.46. The summed E-state index contributed by atoms with van der Waals surface area (Å²) in [5, 5.41) is 21.3. The number of ether oxygens (including phenoxy) is 1. The summed E-state index contributed by atoms with van der Waals surface area (Å²) in [4.78, 5) is 22.7. The molecule has 0 radical (unpaired) electrons. The molecular formula is C16H21NO5. The first-order valence-corrected chi connectivity index (χ1v) is 7.35. The minimum Gasteiger partial charge on any atom is -0.491 e. The number of carboxylic acids is 1. The number of aliphatic hydroxyl groups is 1. The average Bonchev–Trinajstić information content (AvgIpc) is 2.41. The zero-order chi connectivity index (χ0) is 16.1. The van der Waals surface area contributed by atoms with Gasteiger partial charge < -0.3 is 20.3 Å². The van der Waals surface area contributed by atoms with E-state index in [4.69, 9.17) is 9.84 Å². The lowest BCUT2D eigenvalue weighted by atomic mass is 9.73. The van der Waals surface area contributed by atoms with Gasteiger partial charge in [-0.05, 0) is 37.5 Å². The van der Waals surface area contributed by atoms with Gasteiger partial charge >= 0.3 is 5.97 Å². The van der Waals surface area contributed by atoms with E-state index in [1.165, 1.54) is 0 Å². The highest BCUT2D eigenvalue weighted by molar-refractivity contribution is 5.86. The number of aryl methyl sites for hydroxylation is 1. The number of carbonyl (C=O) groups excluding carboxylic acids is 1. The number of hydrogen-bond acceptors (Lipinski definition) is 4. The minimum absolute atomic E-state index is 0.0491. The van der Waals surface area contributed by atoms with Gasteiger partial charge in [-0.25, -0.2) is 0 Å². The molecule has 6 nitrogen and oxygen atoms in total. The predicted molar refractivity (Wildman–Crippen MR) is 79.5 cm³/mol. The Morgan fingerprint density at radius 3 is 2.68 bits per heavy atom. The van der Waals surface area contributed by atoms with Crippen LogP contribution in [-0.2, 0) is 9.59 Å². The van der Waals surface area contributed by atoms with Gasteiger partial charge in [-0.2, -0.15) is 0 Å². The summed E-state index contributed by atoms with van der Waals surface area (Å²) in [5.41, 5.74) is 1.06. The van der Waals surface area contributed by atoms with Gasteiger partial charge in [0.2, 0.25) is 5.91 Å². The van der Waals surface area contributed by atoms with E-state index < -0.39 is 23.9 Å². The van der Waals surface area contributed by atoms with Crippen LogP contribution >= 0.6 is 0 Å². The van der Waals surface area contributed by atoms with Crippen LogP contribution in [0.1, 0.15) is 18.4 Å². The summed E-state index contributed by atoms with van der Waals surface area (Å²) in [6.07, 6.45) is 0.276. The highest BCUT2D eigenvalue weighted by Gasteiger charge is 2.41. The van der Waals surface area contributed by atoms with Crippen LogP contribution in [0.15, 0.2) is 24.3 Å². The van der Waals surface area contributed by atoms with Crippen molar-refractivity contribution in [2.24, 2.45) is 11.8 Å². The van der Waals surface area contributed by atoms with Crippen molar-refractivity contribution in [3.05, 3.63) is 29.8 Å². The standard InChI is InChI=1S/C16H21NO5/c1-10-3-2-4-12(7-10)22-9-11(18)8-17-15(19)13-5-6-14(13)16(20)21/h2-4,7,11,13-14,18H,5-6,8-9H2,1H3,(H,17,19)(H,20,21). The minimum atomic E-state index is -0.935. The number of aliphatic carboxylic acids is 1. The van der Waals surface area contributed by atoms with Crippen molar-refractivity contribution in [2.75, 3.05) is 13.2 Å². The van der Waals surface area contributed by atoms with Crippen molar-refractivity contribution in [2.45, 2.75) is 25.9 Å². The molecule has 6 heteroatoms. The lowest BCUT2D eigenvalue weighted by Gasteiger charge is -2.32. The molecule has 0 heterocycles. The van der Waals surface area contributed by atoms with Crippen molar-refractivity contribution < 1.29 is 24.5 Å².